The molecule has 0 aromatic heterocycles. The molecule has 2 aliphatic heterocycles. The molecule has 0 bridgehead atoms. The van der Waals surface area contributed by atoms with Gasteiger partial charge in [0.25, 0.3) is 5.91 Å². The van der Waals surface area contributed by atoms with E-state index in [0.29, 0.717) is 30.7 Å². The summed E-state index contributed by atoms with van der Waals surface area (Å²) in [6.45, 7) is 29.3. The van der Waals surface area contributed by atoms with Gasteiger partial charge in [0.2, 0.25) is 70.9 Å². The Morgan fingerprint density at radius 3 is 1.69 bits per heavy atom. The standard InChI is InChI=1S/C74H122N14O17/c1-19-42(14)57(69(99)87-61-46(18)105-74(104)56(41(12)13)83-62(92)48(21-3)76-64(94)50(36-47-29-23-22-24-30-47)78-66(96)53(38(6)7)80-68(98)58(43(15)20-2)85-72(61)102)84-63(93)49(31-26-34-75)77-65(95)51-32-27-35-88(51)73(103)55(40(10)11)82-67(97)54(39(8)9)81-71(101)60(45(17)90)86-70(100)59(44(16)89)79-52(91)33-25-28-37(4)5/h21-24,29-30,37-46,49-51,53-61,89-90H,19-20,25-28,31-36,75H2,1-18H3,(H,76,94)(H,77,95)(H,78,96)(H,79,91)(H,80,98)(H,81,101)(H,82,97)(H,83,92)(H,84,93)(H,85,102)(H,86,100)(H,87,99)/b48-21-/t42-,43-,44-,45+,46+,49-,50-,51+,53+,54-,55+,56-,57+,58+,59+,60-,61+/m0/s1. The third-order valence-corrected chi connectivity index (χ3v) is 19.1. The number of ether oxygens (including phenoxy) is 1. The summed E-state index contributed by atoms with van der Waals surface area (Å²) in [6.07, 6.45) is -0.799. The summed E-state index contributed by atoms with van der Waals surface area (Å²) >= 11 is 0. The van der Waals surface area contributed by atoms with Gasteiger partial charge < -0.3 is 89.4 Å². The first-order valence-corrected chi connectivity index (χ1v) is 37.2. The van der Waals surface area contributed by atoms with Gasteiger partial charge in [0.05, 0.1) is 12.2 Å². The number of allylic oxidation sites excluding steroid dienone is 1. The number of carbonyl (C=O) groups excluding carboxylic acids is 14. The average Bonchev–Trinajstić information content (AvgIpc) is 1.79. The zero-order valence-corrected chi connectivity index (χ0v) is 64.7. The van der Waals surface area contributed by atoms with Crippen LogP contribution in [0.15, 0.2) is 42.1 Å². The number of hydrogen-bond donors (Lipinski definition) is 15. The van der Waals surface area contributed by atoms with E-state index in [0.717, 1.165) is 6.42 Å². The topological polar surface area (TPSA) is 462 Å². The number of nitrogens with zero attached hydrogens (tertiary/aromatic N) is 1. The first-order valence-electron chi connectivity index (χ1n) is 37.2. The van der Waals surface area contributed by atoms with Crippen molar-refractivity contribution in [1.82, 2.24) is 68.7 Å². The van der Waals surface area contributed by atoms with Crippen LogP contribution in [-0.4, -0.2) is 202 Å². The number of aliphatic hydroxyl groups excluding tert-OH is 2. The quantitative estimate of drug-likeness (QED) is 0.0338. The first-order chi connectivity index (χ1) is 49.2. The van der Waals surface area contributed by atoms with Crippen molar-refractivity contribution in [3.8, 4) is 0 Å². The Balaban J connectivity index is 2.00. The smallest absolute Gasteiger partial charge is 0.329 e. The highest BCUT2D eigenvalue weighted by molar-refractivity contribution is 6.03. The lowest BCUT2D eigenvalue weighted by Crippen LogP contribution is -2.64. The average molecular weight is 1480 g/mol. The van der Waals surface area contributed by atoms with Crippen LogP contribution in [0, 0.1) is 41.4 Å². The summed E-state index contributed by atoms with van der Waals surface area (Å²) < 4.78 is 5.96. The van der Waals surface area contributed by atoms with Crippen LogP contribution >= 0.6 is 0 Å². The minimum Gasteiger partial charge on any atom is -0.458 e. The molecule has 1 aromatic carbocycles. The summed E-state index contributed by atoms with van der Waals surface area (Å²) in [4.78, 5) is 202. The van der Waals surface area contributed by atoms with Gasteiger partial charge in [0.1, 0.15) is 84.3 Å². The van der Waals surface area contributed by atoms with Gasteiger partial charge in [-0.3, -0.25) is 62.3 Å². The Bertz CT molecular complexity index is 3160. The number of esters is 1. The fourth-order valence-corrected chi connectivity index (χ4v) is 12.0. The second-order valence-electron chi connectivity index (χ2n) is 29.7. The van der Waals surface area contributed by atoms with Crippen molar-refractivity contribution in [2.45, 2.75) is 280 Å². The molecule has 16 N–H and O–H groups in total. The molecule has 3 rings (SSSR count). The lowest BCUT2D eigenvalue weighted by molar-refractivity contribution is -0.157. The third kappa shape index (κ3) is 27.7. The fourth-order valence-electron chi connectivity index (χ4n) is 12.0. The molecule has 0 saturated carbocycles. The van der Waals surface area contributed by atoms with Gasteiger partial charge >= 0.3 is 5.97 Å². The molecule has 2 aliphatic rings. The van der Waals surface area contributed by atoms with Crippen LogP contribution in [0.4, 0.5) is 0 Å². The molecule has 31 nitrogen and oxygen atoms in total. The minimum atomic E-state index is -1.83. The van der Waals surface area contributed by atoms with Gasteiger partial charge in [-0.15, -0.1) is 0 Å². The molecule has 2 heterocycles. The van der Waals surface area contributed by atoms with Gasteiger partial charge in [-0.25, -0.2) is 4.79 Å². The van der Waals surface area contributed by atoms with E-state index in [4.69, 9.17) is 10.5 Å². The fraction of sp³-hybridized carbons (Fsp3) is 0.703. The molecule has 31 heteroatoms. The summed E-state index contributed by atoms with van der Waals surface area (Å²) in [5.74, 6) is -15.5. The van der Waals surface area contributed by atoms with Crippen LogP contribution in [0.1, 0.15) is 188 Å². The van der Waals surface area contributed by atoms with Crippen molar-refractivity contribution in [2.24, 2.45) is 47.2 Å². The first kappa shape index (κ1) is 90.6. The Hall–Kier alpha value is -8.58. The number of benzene rings is 1. The van der Waals surface area contributed by atoms with Crippen molar-refractivity contribution in [2.75, 3.05) is 13.1 Å². The lowest BCUT2D eigenvalue weighted by Gasteiger charge is -2.33. The SMILES string of the molecule is C/C=C1\NC(=O)[C@H](Cc2ccccc2)NC(=O)[C@@H](C(C)C)NC(=O)[C@@H]([C@@H](C)CC)NC(=O)[C@H](NC(=O)[C@H](NC(=O)[C@H](CCCN)NC(=O)[C@H]2CCCN2C(=O)[C@H](NC(=O)[C@@H](NC(=O)[C@@H](NC(=O)[C@H](NC(=O)CCCC(C)C)[C@H](C)O)[C@@H](C)O)C(C)C)C(C)C)[C@@H](C)CC)[C@@H](C)OC(=O)[C@H](C(C)C)NC1=O. The molecule has 2 saturated heterocycles. The lowest BCUT2D eigenvalue weighted by atomic mass is 9.95. The number of aliphatic hydroxyl groups is 2. The molecule has 590 valence electrons. The second kappa shape index (κ2) is 43.8. The molecule has 0 radical (unpaired) electrons. The number of amides is 13. The molecule has 105 heavy (non-hydrogen) atoms. The molecule has 13 amide bonds. The number of hydrogen-bond acceptors (Lipinski definition) is 18. The van der Waals surface area contributed by atoms with E-state index in [1.165, 1.54) is 38.7 Å². The predicted octanol–water partition coefficient (Wildman–Crippen LogP) is 0.561. The van der Waals surface area contributed by atoms with Gasteiger partial charge in [0, 0.05) is 19.4 Å². The molecule has 0 unspecified atom stereocenters. The van der Waals surface area contributed by atoms with Crippen LogP contribution in [0.25, 0.3) is 0 Å². The van der Waals surface area contributed by atoms with Gasteiger partial charge in [0.15, 0.2) is 0 Å². The van der Waals surface area contributed by atoms with E-state index in [1.54, 1.807) is 113 Å². The van der Waals surface area contributed by atoms with Crippen molar-refractivity contribution in [3.05, 3.63) is 47.7 Å². The summed E-state index contributed by atoms with van der Waals surface area (Å²) in [6, 6.07) is -8.38. The molecule has 2 fully saturated rings. The van der Waals surface area contributed by atoms with E-state index in [9.17, 15) is 67.7 Å². The minimum absolute atomic E-state index is 0.0389. The Morgan fingerprint density at radius 2 is 1.15 bits per heavy atom. The Labute approximate surface area is 618 Å². The zero-order valence-electron chi connectivity index (χ0n) is 64.7. The normalized spacial score (nSPS) is 22.8. The predicted molar refractivity (Wildman–Crippen MR) is 392 cm³/mol. The van der Waals surface area contributed by atoms with Gasteiger partial charge in [-0.2, -0.15) is 0 Å². The number of likely N-dealkylation sites (tertiary alicyclic amines) is 1. The maximum absolute atomic E-state index is 15.0. The molecule has 1 aromatic rings. The third-order valence-electron chi connectivity index (χ3n) is 19.1. The van der Waals surface area contributed by atoms with Crippen LogP contribution < -0.4 is 69.5 Å². The van der Waals surface area contributed by atoms with Gasteiger partial charge in [-0.05, 0) is 113 Å². The van der Waals surface area contributed by atoms with Crippen molar-refractivity contribution >= 4 is 82.8 Å². The highest BCUT2D eigenvalue weighted by Gasteiger charge is 2.45. The molecule has 17 atom stereocenters. The van der Waals surface area contributed by atoms with Gasteiger partial charge in [-0.1, -0.05) is 153 Å². The zero-order chi connectivity index (χ0) is 79.4. The Morgan fingerprint density at radius 1 is 0.610 bits per heavy atom. The second-order valence-corrected chi connectivity index (χ2v) is 29.7. The van der Waals surface area contributed by atoms with Crippen LogP contribution in [-0.2, 0) is 78.3 Å². The highest BCUT2D eigenvalue weighted by atomic mass is 16.5. The number of rotatable bonds is 33. The van der Waals surface area contributed by atoms with E-state index >= 15 is 9.59 Å². The summed E-state index contributed by atoms with van der Waals surface area (Å²) in [5, 5.41) is 53.0. The molecular weight excluding hydrogens is 1360 g/mol. The van der Waals surface area contributed by atoms with E-state index in [1.807, 2.05) is 13.8 Å². The number of nitrogens with one attached hydrogen (secondary N) is 12. The molecule has 0 spiro atoms. The van der Waals surface area contributed by atoms with E-state index in [2.05, 4.69) is 63.8 Å². The monoisotopic (exact) mass is 1480 g/mol. The van der Waals surface area contributed by atoms with Crippen LogP contribution in [0.3, 0.4) is 0 Å². The van der Waals surface area contributed by atoms with E-state index in [-0.39, 0.29) is 57.3 Å². The van der Waals surface area contributed by atoms with Crippen LogP contribution in [0.2, 0.25) is 0 Å². The number of nitrogens with two attached hydrogens (primary N) is 1. The highest BCUT2D eigenvalue weighted by Crippen LogP contribution is 2.23. The molecular formula is C74H122N14O17. The van der Waals surface area contributed by atoms with Crippen molar-refractivity contribution < 1.29 is 82.1 Å². The van der Waals surface area contributed by atoms with Crippen molar-refractivity contribution in [3.63, 3.8) is 0 Å². The maximum atomic E-state index is 15.0. The van der Waals surface area contributed by atoms with E-state index < -0.39 is 209 Å². The summed E-state index contributed by atoms with van der Waals surface area (Å²) in [7, 11) is 0. The van der Waals surface area contributed by atoms with Crippen molar-refractivity contribution in [1.29, 1.82) is 0 Å². The largest absolute Gasteiger partial charge is 0.458 e. The summed E-state index contributed by atoms with van der Waals surface area (Å²) in [5.41, 5.74) is 6.32. The molecule has 0 aliphatic carbocycles. The number of cyclic esters (lactones) is 1. The van der Waals surface area contributed by atoms with Crippen LogP contribution in [0.5, 0.6) is 0 Å². The number of carbonyl (C=O) groups is 14. The Kier molecular flexibility index (Phi) is 37.8. The maximum Gasteiger partial charge on any atom is 0.329 e.